The van der Waals surface area contributed by atoms with E-state index < -0.39 is 11.9 Å². The van der Waals surface area contributed by atoms with Gasteiger partial charge >= 0.3 is 11.9 Å². The predicted octanol–water partition coefficient (Wildman–Crippen LogP) is 6.28. The highest BCUT2D eigenvalue weighted by molar-refractivity contribution is 5.95. The van der Waals surface area contributed by atoms with Crippen molar-refractivity contribution >= 4 is 35.9 Å². The van der Waals surface area contributed by atoms with Crippen molar-refractivity contribution in [3.8, 4) is 11.5 Å². The molecule has 0 spiro atoms. The molecule has 0 aliphatic carbocycles. The van der Waals surface area contributed by atoms with Gasteiger partial charge in [0.25, 0.3) is 0 Å². The molecule has 0 saturated carbocycles. The molecular weight excluding hydrogens is 588 g/mol. The van der Waals surface area contributed by atoms with Crippen LogP contribution in [0.1, 0.15) is 87.2 Å². The molecule has 2 rings (SSSR count). The van der Waals surface area contributed by atoms with Crippen LogP contribution in [0.15, 0.2) is 48.6 Å². The fourth-order valence-electron chi connectivity index (χ4n) is 4.92. The molecule has 0 heterocycles. The maximum Gasteiger partial charge on any atom is 0.337 e. The van der Waals surface area contributed by atoms with E-state index in [1.54, 1.807) is 72.6 Å². The number of rotatable bonds is 12. The maximum atomic E-state index is 12.4. The average molecular weight is 639 g/mol. The molecule has 0 aromatic heterocycles. The summed E-state index contributed by atoms with van der Waals surface area (Å²) in [6.07, 6.45) is 6.31. The van der Waals surface area contributed by atoms with Gasteiger partial charge < -0.3 is 28.7 Å². The Morgan fingerprint density at radius 3 is 1.09 bits per heavy atom. The van der Waals surface area contributed by atoms with Crippen molar-refractivity contribution in [2.75, 3.05) is 28.4 Å². The van der Waals surface area contributed by atoms with Gasteiger partial charge in [0.1, 0.15) is 11.5 Å². The summed E-state index contributed by atoms with van der Waals surface area (Å²) in [6.45, 7) is 15.8. The normalized spacial score (nSPS) is 11.1. The number of carbonyl (C=O) groups is 4. The van der Waals surface area contributed by atoms with E-state index >= 15 is 0 Å². The number of esters is 2. The zero-order chi connectivity index (χ0) is 35.1. The van der Waals surface area contributed by atoms with E-state index in [-0.39, 0.29) is 36.0 Å². The minimum absolute atomic E-state index is 0.0828. The number of hydrogen-bond acceptors (Lipinski definition) is 8. The molecule has 0 N–H and O–H groups in total. The SMILES string of the molecule is COC(=O)c1ccc(OC)c(/C=C/C(=O)N(C(C)C)C(C)C)c1.COC(=O)c1ccc(OC)c(/C=C/C(=O)N(C(C)C)C(C)C)c1. The molecule has 0 unspecified atom stereocenters. The zero-order valence-electron chi connectivity index (χ0n) is 29.2. The van der Waals surface area contributed by atoms with Crippen LogP contribution in [-0.2, 0) is 19.1 Å². The lowest BCUT2D eigenvalue weighted by Gasteiger charge is -2.29. The molecular formula is C36H50N2O8. The molecule has 2 amide bonds. The van der Waals surface area contributed by atoms with E-state index in [4.69, 9.17) is 18.9 Å². The minimum Gasteiger partial charge on any atom is -0.496 e. The molecule has 0 aliphatic heterocycles. The topological polar surface area (TPSA) is 112 Å². The highest BCUT2D eigenvalue weighted by Gasteiger charge is 2.19. The Bertz CT molecular complexity index is 1270. The van der Waals surface area contributed by atoms with Gasteiger partial charge in [-0.3, -0.25) is 9.59 Å². The summed E-state index contributed by atoms with van der Waals surface area (Å²) in [5.74, 6) is 0.143. The molecule has 252 valence electrons. The van der Waals surface area contributed by atoms with Crippen LogP contribution < -0.4 is 9.47 Å². The summed E-state index contributed by atoms with van der Waals surface area (Å²) in [4.78, 5) is 51.6. The Morgan fingerprint density at radius 2 is 0.848 bits per heavy atom. The van der Waals surface area contributed by atoms with Gasteiger partial charge in [-0.25, -0.2) is 9.59 Å². The number of ether oxygens (including phenoxy) is 4. The Kier molecular flexibility index (Phi) is 16.3. The number of amides is 2. The Labute approximate surface area is 273 Å². The van der Waals surface area contributed by atoms with Gasteiger partial charge in [0, 0.05) is 47.4 Å². The molecule has 0 saturated heterocycles. The standard InChI is InChI=1S/2C18H25NO4/c2*1-12(2)19(13(3)4)17(20)10-8-14-11-15(18(21)23-6)7-9-16(14)22-5/h2*7-13H,1-6H3/b2*10-8+. The summed E-state index contributed by atoms with van der Waals surface area (Å²) in [7, 11) is 5.74. The molecule has 0 aliphatic rings. The average Bonchev–Trinajstić information content (AvgIpc) is 3.01. The summed E-state index contributed by atoms with van der Waals surface area (Å²) in [5.41, 5.74) is 2.11. The van der Waals surface area contributed by atoms with Crippen LogP contribution in [0.25, 0.3) is 12.2 Å². The molecule has 0 radical (unpaired) electrons. The van der Waals surface area contributed by atoms with Crippen LogP contribution in [-0.4, -0.2) is 86.2 Å². The maximum absolute atomic E-state index is 12.4. The number of nitrogens with zero attached hydrogens (tertiary/aromatic N) is 2. The predicted molar refractivity (Wildman–Crippen MR) is 181 cm³/mol. The Morgan fingerprint density at radius 1 is 0.543 bits per heavy atom. The van der Waals surface area contributed by atoms with Crippen molar-refractivity contribution in [1.82, 2.24) is 9.80 Å². The van der Waals surface area contributed by atoms with Crippen molar-refractivity contribution in [2.24, 2.45) is 0 Å². The highest BCUT2D eigenvalue weighted by Crippen LogP contribution is 2.23. The summed E-state index contributed by atoms with van der Waals surface area (Å²) in [6, 6.07) is 10.3. The molecule has 2 aromatic carbocycles. The molecule has 0 fully saturated rings. The molecule has 2 aromatic rings. The number of hydrogen-bond donors (Lipinski definition) is 0. The van der Waals surface area contributed by atoms with Crippen LogP contribution in [0.4, 0.5) is 0 Å². The van der Waals surface area contributed by atoms with Crippen molar-refractivity contribution in [3.63, 3.8) is 0 Å². The van der Waals surface area contributed by atoms with E-state index in [0.717, 1.165) is 0 Å². The smallest absolute Gasteiger partial charge is 0.337 e. The van der Waals surface area contributed by atoms with Gasteiger partial charge in [-0.15, -0.1) is 0 Å². The van der Waals surface area contributed by atoms with Gasteiger partial charge in [0.15, 0.2) is 0 Å². The van der Waals surface area contributed by atoms with Gasteiger partial charge in [0.2, 0.25) is 11.8 Å². The van der Waals surface area contributed by atoms with E-state index in [1.165, 1.54) is 26.4 Å². The van der Waals surface area contributed by atoms with Crippen molar-refractivity contribution < 1.29 is 38.1 Å². The molecule has 46 heavy (non-hydrogen) atoms. The van der Waals surface area contributed by atoms with Gasteiger partial charge in [-0.05, 0) is 104 Å². The van der Waals surface area contributed by atoms with E-state index in [0.29, 0.717) is 33.8 Å². The Balaban J connectivity index is 0.000000460. The first-order chi connectivity index (χ1) is 21.6. The van der Waals surface area contributed by atoms with E-state index in [1.807, 2.05) is 55.4 Å². The number of carbonyl (C=O) groups excluding carboxylic acids is 4. The second-order valence-electron chi connectivity index (χ2n) is 11.4. The zero-order valence-corrected chi connectivity index (χ0v) is 29.2. The second kappa shape index (κ2) is 19.0. The first-order valence-corrected chi connectivity index (χ1v) is 15.2. The fraction of sp³-hybridized carbons (Fsp3) is 0.444. The quantitative estimate of drug-likeness (QED) is 0.197. The first kappa shape index (κ1) is 39.4. The van der Waals surface area contributed by atoms with Gasteiger partial charge in [-0.2, -0.15) is 0 Å². The molecule has 0 bridgehead atoms. The lowest BCUT2D eigenvalue weighted by molar-refractivity contribution is -0.130. The third-order valence-electron chi connectivity index (χ3n) is 6.85. The van der Waals surface area contributed by atoms with Gasteiger partial charge in [-0.1, -0.05) is 0 Å². The lowest BCUT2D eigenvalue weighted by atomic mass is 10.1. The van der Waals surface area contributed by atoms with E-state index in [9.17, 15) is 19.2 Å². The third-order valence-corrected chi connectivity index (χ3v) is 6.85. The monoisotopic (exact) mass is 638 g/mol. The number of benzene rings is 2. The summed E-state index contributed by atoms with van der Waals surface area (Å²) in [5, 5.41) is 0. The van der Waals surface area contributed by atoms with Crippen molar-refractivity contribution in [2.45, 2.75) is 79.6 Å². The highest BCUT2D eigenvalue weighted by atomic mass is 16.5. The first-order valence-electron chi connectivity index (χ1n) is 15.2. The largest absolute Gasteiger partial charge is 0.496 e. The van der Waals surface area contributed by atoms with Crippen molar-refractivity contribution in [1.29, 1.82) is 0 Å². The third kappa shape index (κ3) is 11.4. The minimum atomic E-state index is -0.431. The van der Waals surface area contributed by atoms with Crippen molar-refractivity contribution in [3.05, 3.63) is 70.8 Å². The van der Waals surface area contributed by atoms with Crippen LogP contribution in [0, 0.1) is 0 Å². The van der Waals surface area contributed by atoms with Gasteiger partial charge in [0.05, 0.1) is 39.6 Å². The molecule has 10 nitrogen and oxygen atoms in total. The number of methoxy groups -OCH3 is 4. The lowest BCUT2D eigenvalue weighted by Crippen LogP contribution is -2.41. The van der Waals surface area contributed by atoms with Crippen LogP contribution in [0.5, 0.6) is 11.5 Å². The fourth-order valence-corrected chi connectivity index (χ4v) is 4.92. The van der Waals surface area contributed by atoms with Crippen LogP contribution in [0.2, 0.25) is 0 Å². The molecule has 0 atom stereocenters. The summed E-state index contributed by atoms with van der Waals surface area (Å²) < 4.78 is 20.0. The van der Waals surface area contributed by atoms with Crippen LogP contribution >= 0.6 is 0 Å². The summed E-state index contributed by atoms with van der Waals surface area (Å²) >= 11 is 0. The second-order valence-corrected chi connectivity index (χ2v) is 11.4. The Hall–Kier alpha value is -4.60. The van der Waals surface area contributed by atoms with Crippen LogP contribution in [0.3, 0.4) is 0 Å². The van der Waals surface area contributed by atoms with E-state index in [2.05, 4.69) is 0 Å². The molecule has 10 heteroatoms.